The largest absolute Gasteiger partial charge is 0.466 e. The Hall–Kier alpha value is -2.22. The first-order chi connectivity index (χ1) is 7.80. The fourth-order valence-corrected chi connectivity index (χ4v) is 1.20. The van der Waals surface area contributed by atoms with Crippen LogP contribution in [0.3, 0.4) is 0 Å². The number of hydrogen-bond donors (Lipinski definition) is 1. The molecule has 0 fully saturated rings. The lowest BCUT2D eigenvalue weighted by molar-refractivity contribution is 0.484. The third-order valence-electron chi connectivity index (χ3n) is 1.86. The van der Waals surface area contributed by atoms with Crippen LogP contribution in [-0.2, 0) is 0 Å². The third-order valence-corrected chi connectivity index (χ3v) is 1.86. The molecule has 1 aromatic rings. The van der Waals surface area contributed by atoms with Crippen molar-refractivity contribution in [3.63, 3.8) is 0 Å². The second kappa shape index (κ2) is 6.30. The van der Waals surface area contributed by atoms with E-state index >= 15 is 0 Å². The molecule has 0 radical (unpaired) electrons. The first-order valence-electron chi connectivity index (χ1n) is 4.90. The molecular weight excluding hydrogens is 198 g/mol. The van der Waals surface area contributed by atoms with Crippen molar-refractivity contribution in [3.8, 4) is 5.75 Å². The first kappa shape index (κ1) is 11.9. The van der Waals surface area contributed by atoms with E-state index in [-0.39, 0.29) is 0 Å². The summed E-state index contributed by atoms with van der Waals surface area (Å²) in [5.74, 6) is 0.738. The Bertz CT molecular complexity index is 418. The van der Waals surface area contributed by atoms with Gasteiger partial charge in [0.05, 0.1) is 6.26 Å². The van der Waals surface area contributed by atoms with Gasteiger partial charge < -0.3 is 10.1 Å². The number of nitrogens with one attached hydrogen (secondary N) is 1. The Labute approximate surface area is 96.3 Å². The van der Waals surface area contributed by atoms with Crippen molar-refractivity contribution in [3.05, 3.63) is 74.2 Å². The van der Waals surface area contributed by atoms with E-state index < -0.39 is 0 Å². The number of ether oxygens (including phenoxy) is 1. The van der Waals surface area contributed by atoms with Crippen LogP contribution in [0.2, 0.25) is 0 Å². The molecule has 1 N–H and O–H groups in total. The Balaban J connectivity index is 2.83. The van der Waals surface area contributed by atoms with Crippen LogP contribution in [0.15, 0.2) is 74.2 Å². The molecule has 82 valence electrons. The van der Waals surface area contributed by atoms with Crippen molar-refractivity contribution in [2.75, 3.05) is 5.32 Å². The summed E-state index contributed by atoms with van der Waals surface area (Å²) in [7, 11) is 0. The predicted molar refractivity (Wildman–Crippen MR) is 69.4 cm³/mol. The van der Waals surface area contributed by atoms with Crippen LogP contribution in [0.4, 0.5) is 5.69 Å². The molecule has 0 heterocycles. The summed E-state index contributed by atoms with van der Waals surface area (Å²) in [6.45, 7) is 10.9. The number of benzene rings is 1. The highest BCUT2D eigenvalue weighted by Crippen LogP contribution is 2.19. The molecule has 0 aromatic heterocycles. The van der Waals surface area contributed by atoms with Gasteiger partial charge >= 0.3 is 0 Å². The molecule has 0 saturated carbocycles. The lowest BCUT2D eigenvalue weighted by atomic mass is 10.2. The fourth-order valence-electron chi connectivity index (χ4n) is 1.20. The van der Waals surface area contributed by atoms with Gasteiger partial charge in [-0.2, -0.15) is 0 Å². The highest BCUT2D eigenvalue weighted by atomic mass is 16.5. The zero-order valence-electron chi connectivity index (χ0n) is 9.15. The standard InChI is InChI=1S/C14H15NO/c1-4-8-12(5-2)15-13-9-7-10-14(11-13)16-6-3/h4-11,15H,1-3H2/b12-8+. The summed E-state index contributed by atoms with van der Waals surface area (Å²) in [5, 5.41) is 3.19. The second-order valence-electron chi connectivity index (χ2n) is 3.00. The van der Waals surface area contributed by atoms with Gasteiger partial charge in [-0.25, -0.2) is 0 Å². The minimum Gasteiger partial charge on any atom is -0.466 e. The molecule has 0 bridgehead atoms. The van der Waals surface area contributed by atoms with E-state index in [4.69, 9.17) is 4.74 Å². The zero-order chi connectivity index (χ0) is 11.8. The van der Waals surface area contributed by atoms with Gasteiger partial charge in [-0.1, -0.05) is 31.9 Å². The fraction of sp³-hybridized carbons (Fsp3) is 0. The van der Waals surface area contributed by atoms with Crippen molar-refractivity contribution >= 4 is 5.69 Å². The van der Waals surface area contributed by atoms with E-state index in [0.717, 1.165) is 17.1 Å². The molecule has 0 saturated heterocycles. The normalized spacial score (nSPS) is 10.4. The van der Waals surface area contributed by atoms with E-state index in [0.29, 0.717) is 0 Å². The van der Waals surface area contributed by atoms with Gasteiger partial charge in [0.15, 0.2) is 0 Å². The number of hydrogen-bond acceptors (Lipinski definition) is 2. The summed E-state index contributed by atoms with van der Waals surface area (Å²) in [6.07, 6.45) is 6.66. The zero-order valence-corrected chi connectivity index (χ0v) is 9.15. The average molecular weight is 213 g/mol. The average Bonchev–Trinajstić information content (AvgIpc) is 2.29. The van der Waals surface area contributed by atoms with Crippen LogP contribution in [0, 0.1) is 0 Å². The molecule has 0 atom stereocenters. The second-order valence-corrected chi connectivity index (χ2v) is 3.00. The smallest absolute Gasteiger partial charge is 0.128 e. The van der Waals surface area contributed by atoms with Crippen LogP contribution >= 0.6 is 0 Å². The molecule has 0 unspecified atom stereocenters. The van der Waals surface area contributed by atoms with Crippen LogP contribution in [-0.4, -0.2) is 0 Å². The monoisotopic (exact) mass is 213 g/mol. The van der Waals surface area contributed by atoms with E-state index in [9.17, 15) is 0 Å². The van der Waals surface area contributed by atoms with Crippen molar-refractivity contribution in [2.45, 2.75) is 0 Å². The molecule has 0 aliphatic carbocycles. The van der Waals surface area contributed by atoms with E-state index in [2.05, 4.69) is 25.1 Å². The molecule has 16 heavy (non-hydrogen) atoms. The molecule has 1 aromatic carbocycles. The lowest BCUT2D eigenvalue weighted by Crippen LogP contribution is -1.96. The molecule has 0 spiro atoms. The first-order valence-corrected chi connectivity index (χ1v) is 4.90. The molecular formula is C14H15NO. The van der Waals surface area contributed by atoms with E-state index in [1.165, 1.54) is 6.26 Å². The summed E-state index contributed by atoms with van der Waals surface area (Å²) < 4.78 is 5.18. The van der Waals surface area contributed by atoms with Gasteiger partial charge in [0.25, 0.3) is 0 Å². The highest BCUT2D eigenvalue weighted by Gasteiger charge is 1.96. The molecule has 1 rings (SSSR count). The Morgan fingerprint density at radius 2 is 2.06 bits per heavy atom. The highest BCUT2D eigenvalue weighted by molar-refractivity contribution is 5.54. The molecule has 2 heteroatoms. The van der Waals surface area contributed by atoms with Gasteiger partial charge in [0, 0.05) is 17.5 Å². The van der Waals surface area contributed by atoms with Crippen molar-refractivity contribution < 1.29 is 4.74 Å². The van der Waals surface area contributed by atoms with Gasteiger partial charge in [0.1, 0.15) is 5.75 Å². The van der Waals surface area contributed by atoms with Crippen molar-refractivity contribution in [1.82, 2.24) is 0 Å². The maximum absolute atomic E-state index is 5.18. The van der Waals surface area contributed by atoms with Crippen LogP contribution in [0.1, 0.15) is 0 Å². The molecule has 0 aliphatic rings. The minimum absolute atomic E-state index is 0.738. The Morgan fingerprint density at radius 1 is 1.25 bits per heavy atom. The van der Waals surface area contributed by atoms with Gasteiger partial charge in [0.2, 0.25) is 0 Å². The van der Waals surface area contributed by atoms with Gasteiger partial charge in [-0.15, -0.1) is 0 Å². The maximum atomic E-state index is 5.18. The Morgan fingerprint density at radius 3 is 2.69 bits per heavy atom. The summed E-state index contributed by atoms with van der Waals surface area (Å²) >= 11 is 0. The van der Waals surface area contributed by atoms with Gasteiger partial charge in [-0.3, -0.25) is 0 Å². The van der Waals surface area contributed by atoms with Crippen LogP contribution in [0.25, 0.3) is 0 Å². The quantitative estimate of drug-likeness (QED) is 0.572. The molecule has 0 amide bonds. The SMILES string of the molecule is C=C/C=C(\C=C)Nc1cccc(OC=C)c1. The van der Waals surface area contributed by atoms with E-state index in [1.807, 2.05) is 30.3 Å². The summed E-state index contributed by atoms with van der Waals surface area (Å²) in [6, 6.07) is 7.58. The number of allylic oxidation sites excluding steroid dienone is 3. The van der Waals surface area contributed by atoms with Crippen LogP contribution in [0.5, 0.6) is 5.75 Å². The van der Waals surface area contributed by atoms with Crippen molar-refractivity contribution in [2.24, 2.45) is 0 Å². The van der Waals surface area contributed by atoms with E-state index in [1.54, 1.807) is 12.2 Å². The topological polar surface area (TPSA) is 21.3 Å². The summed E-state index contributed by atoms with van der Waals surface area (Å²) in [5.41, 5.74) is 1.80. The van der Waals surface area contributed by atoms with Crippen LogP contribution < -0.4 is 10.1 Å². The maximum Gasteiger partial charge on any atom is 0.128 e. The summed E-state index contributed by atoms with van der Waals surface area (Å²) in [4.78, 5) is 0. The lowest BCUT2D eigenvalue weighted by Gasteiger charge is -2.08. The molecule has 2 nitrogen and oxygen atoms in total. The third kappa shape index (κ3) is 3.50. The number of rotatable bonds is 6. The predicted octanol–water partition coefficient (Wildman–Crippen LogP) is 3.88. The van der Waals surface area contributed by atoms with Crippen molar-refractivity contribution in [1.29, 1.82) is 0 Å². The van der Waals surface area contributed by atoms with Gasteiger partial charge in [-0.05, 0) is 24.3 Å². The Kier molecular flexibility index (Phi) is 4.67. The molecule has 0 aliphatic heterocycles. The number of anilines is 1. The minimum atomic E-state index is 0.738.